The lowest BCUT2D eigenvalue weighted by Crippen LogP contribution is -2.29. The molecule has 1 aliphatic heterocycles. The minimum absolute atomic E-state index is 0.299. The molecule has 0 aliphatic carbocycles. The van der Waals surface area contributed by atoms with Crippen LogP contribution in [-0.4, -0.2) is 28.1 Å². The monoisotopic (exact) mass is 431 g/mol. The largest absolute Gasteiger partial charge is 0.486 e. The molecule has 0 amide bonds. The van der Waals surface area contributed by atoms with Crippen LogP contribution in [0.15, 0.2) is 67.0 Å². The third-order valence-electron chi connectivity index (χ3n) is 5.14. The van der Waals surface area contributed by atoms with Gasteiger partial charge in [0.15, 0.2) is 11.6 Å². The highest BCUT2D eigenvalue weighted by molar-refractivity contribution is 5.70. The average molecular weight is 431 g/mol. The maximum Gasteiger partial charge on any atom is 0.229 e. The van der Waals surface area contributed by atoms with E-state index in [4.69, 9.17) is 4.74 Å². The first-order chi connectivity index (χ1) is 15.6. The van der Waals surface area contributed by atoms with Gasteiger partial charge in [0, 0.05) is 28.8 Å². The van der Waals surface area contributed by atoms with E-state index >= 15 is 0 Å². The summed E-state index contributed by atoms with van der Waals surface area (Å²) in [6, 6.07) is 14.7. The van der Waals surface area contributed by atoms with Crippen LogP contribution in [0.4, 0.5) is 31.9 Å². The van der Waals surface area contributed by atoms with Crippen molar-refractivity contribution < 1.29 is 13.5 Å². The normalized spacial score (nSPS) is 12.8. The molecule has 0 radical (unpaired) electrons. The van der Waals surface area contributed by atoms with E-state index in [9.17, 15) is 8.78 Å². The number of aryl methyl sites for hydroxylation is 1. The fourth-order valence-corrected chi connectivity index (χ4v) is 3.61. The number of aromatic nitrogens is 3. The Balaban J connectivity index is 1.42. The lowest BCUT2D eigenvalue weighted by molar-refractivity contribution is 0.310. The zero-order chi connectivity index (χ0) is 22.1. The molecule has 3 heterocycles. The van der Waals surface area contributed by atoms with E-state index in [-0.39, 0.29) is 11.6 Å². The van der Waals surface area contributed by atoms with E-state index in [0.717, 1.165) is 16.9 Å². The van der Waals surface area contributed by atoms with E-state index in [1.807, 2.05) is 17.9 Å². The van der Waals surface area contributed by atoms with Crippen molar-refractivity contribution in [2.24, 2.45) is 0 Å². The lowest BCUT2D eigenvalue weighted by Gasteiger charge is -2.30. The zero-order valence-electron chi connectivity index (χ0n) is 17.2. The molecular formula is C24H19F2N5O. The number of ether oxygens (including phenoxy) is 1. The highest BCUT2D eigenvalue weighted by atomic mass is 19.1. The molecule has 0 saturated heterocycles. The lowest BCUT2D eigenvalue weighted by atomic mass is 10.1. The molecule has 0 spiro atoms. The predicted octanol–water partition coefficient (Wildman–Crippen LogP) is 5.40. The summed E-state index contributed by atoms with van der Waals surface area (Å²) in [5, 5.41) is 3.05. The molecule has 5 rings (SSSR count). The molecule has 0 unspecified atom stereocenters. The van der Waals surface area contributed by atoms with Gasteiger partial charge in [0.2, 0.25) is 5.95 Å². The van der Waals surface area contributed by atoms with Gasteiger partial charge >= 0.3 is 0 Å². The number of anilines is 4. The second-order valence-electron chi connectivity index (χ2n) is 7.36. The van der Waals surface area contributed by atoms with E-state index in [1.165, 1.54) is 18.2 Å². The van der Waals surface area contributed by atoms with Gasteiger partial charge in [0.05, 0.1) is 12.7 Å². The van der Waals surface area contributed by atoms with Crippen molar-refractivity contribution in [2.75, 3.05) is 23.4 Å². The maximum absolute atomic E-state index is 14.8. The topological polar surface area (TPSA) is 63.2 Å². The van der Waals surface area contributed by atoms with Crippen LogP contribution >= 0.6 is 0 Å². The minimum Gasteiger partial charge on any atom is -0.486 e. The van der Waals surface area contributed by atoms with Crippen molar-refractivity contribution in [2.45, 2.75) is 6.92 Å². The summed E-state index contributed by atoms with van der Waals surface area (Å²) >= 11 is 0. The van der Waals surface area contributed by atoms with E-state index in [0.29, 0.717) is 41.9 Å². The predicted molar refractivity (Wildman–Crippen MR) is 119 cm³/mol. The second kappa shape index (κ2) is 8.22. The number of nitrogens with one attached hydrogen (secondary N) is 1. The average Bonchev–Trinajstić information content (AvgIpc) is 2.79. The van der Waals surface area contributed by atoms with Crippen LogP contribution in [0, 0.1) is 18.6 Å². The molecule has 0 atom stereocenters. The molecule has 2 aromatic heterocycles. The number of hydrogen-bond donors (Lipinski definition) is 1. The molecule has 0 bridgehead atoms. The summed E-state index contributed by atoms with van der Waals surface area (Å²) in [6.45, 7) is 2.88. The number of halogens is 2. The van der Waals surface area contributed by atoms with Gasteiger partial charge in [-0.2, -0.15) is 4.98 Å². The Morgan fingerprint density at radius 1 is 1.00 bits per heavy atom. The Morgan fingerprint density at radius 3 is 2.62 bits per heavy atom. The molecule has 4 aromatic rings. The standard InChI is InChI=1S/C24H19F2N5O/c1-15-12-16(8-9-27-15)20-7-4-18(13-21(20)26)29-24-28-14-22-23(30-24)31(10-11-32-22)19-5-2-17(25)3-6-19/h2-9,12-14H,10-11H2,1H3,(H,28,29,30). The third kappa shape index (κ3) is 3.94. The third-order valence-corrected chi connectivity index (χ3v) is 5.14. The number of pyridine rings is 1. The van der Waals surface area contributed by atoms with Gasteiger partial charge in [0.1, 0.15) is 18.2 Å². The molecular weight excluding hydrogens is 412 g/mol. The second-order valence-corrected chi connectivity index (χ2v) is 7.36. The summed E-state index contributed by atoms with van der Waals surface area (Å²) in [4.78, 5) is 14.9. The van der Waals surface area contributed by atoms with Gasteiger partial charge in [-0.15, -0.1) is 0 Å². The summed E-state index contributed by atoms with van der Waals surface area (Å²) in [6.07, 6.45) is 3.23. The van der Waals surface area contributed by atoms with Gasteiger partial charge in [0.25, 0.3) is 0 Å². The number of fused-ring (bicyclic) bond motifs is 1. The minimum atomic E-state index is -0.366. The molecule has 6 nitrogen and oxygen atoms in total. The quantitative estimate of drug-likeness (QED) is 0.467. The molecule has 160 valence electrons. The van der Waals surface area contributed by atoms with Crippen LogP contribution in [-0.2, 0) is 0 Å². The van der Waals surface area contributed by atoms with Crippen LogP contribution in [0.3, 0.4) is 0 Å². The molecule has 1 aliphatic rings. The number of hydrogen-bond acceptors (Lipinski definition) is 6. The van der Waals surface area contributed by atoms with Gasteiger partial charge in [-0.1, -0.05) is 0 Å². The van der Waals surface area contributed by atoms with Crippen molar-refractivity contribution in [3.63, 3.8) is 0 Å². The molecule has 0 saturated carbocycles. The molecule has 32 heavy (non-hydrogen) atoms. The van der Waals surface area contributed by atoms with Crippen LogP contribution in [0.2, 0.25) is 0 Å². The van der Waals surface area contributed by atoms with Gasteiger partial charge in [-0.05, 0) is 67.1 Å². The Labute approximate surface area is 183 Å². The van der Waals surface area contributed by atoms with Crippen molar-refractivity contribution >= 4 is 23.1 Å². The molecule has 8 heteroatoms. The molecule has 1 N–H and O–H groups in total. The zero-order valence-corrected chi connectivity index (χ0v) is 17.2. The highest BCUT2D eigenvalue weighted by Crippen LogP contribution is 2.35. The van der Waals surface area contributed by atoms with Crippen LogP contribution in [0.25, 0.3) is 11.1 Å². The maximum atomic E-state index is 14.8. The smallest absolute Gasteiger partial charge is 0.229 e. The summed E-state index contributed by atoms with van der Waals surface area (Å²) in [5.41, 5.74) is 3.38. The summed E-state index contributed by atoms with van der Waals surface area (Å²) in [7, 11) is 0. The summed E-state index contributed by atoms with van der Waals surface area (Å²) in [5.74, 6) is 0.716. The van der Waals surface area contributed by atoms with Crippen molar-refractivity contribution in [3.05, 3.63) is 84.3 Å². The van der Waals surface area contributed by atoms with E-state index < -0.39 is 0 Å². The SMILES string of the molecule is Cc1cc(-c2ccc(Nc3ncc4c(n3)N(c3ccc(F)cc3)CCO4)cc2F)ccn1. The van der Waals surface area contributed by atoms with Crippen molar-refractivity contribution in [3.8, 4) is 16.9 Å². The first kappa shape index (κ1) is 19.9. The first-order valence-corrected chi connectivity index (χ1v) is 10.1. The van der Waals surface area contributed by atoms with Gasteiger partial charge in [-0.3, -0.25) is 4.98 Å². The Morgan fingerprint density at radius 2 is 1.84 bits per heavy atom. The molecule has 0 fully saturated rings. The van der Waals surface area contributed by atoms with Crippen LogP contribution in [0.5, 0.6) is 5.75 Å². The highest BCUT2D eigenvalue weighted by Gasteiger charge is 2.22. The number of rotatable bonds is 4. The Kier molecular flexibility index (Phi) is 5.10. The van der Waals surface area contributed by atoms with Gasteiger partial charge in [-0.25, -0.2) is 13.8 Å². The van der Waals surface area contributed by atoms with Crippen molar-refractivity contribution in [1.29, 1.82) is 0 Å². The van der Waals surface area contributed by atoms with Crippen LogP contribution in [0.1, 0.15) is 5.69 Å². The molecule has 2 aromatic carbocycles. The van der Waals surface area contributed by atoms with Gasteiger partial charge < -0.3 is 15.0 Å². The van der Waals surface area contributed by atoms with Crippen molar-refractivity contribution in [1.82, 2.24) is 15.0 Å². The van der Waals surface area contributed by atoms with E-state index in [2.05, 4.69) is 20.3 Å². The first-order valence-electron chi connectivity index (χ1n) is 10.1. The summed E-state index contributed by atoms with van der Waals surface area (Å²) < 4.78 is 33.8. The fourth-order valence-electron chi connectivity index (χ4n) is 3.61. The van der Waals surface area contributed by atoms with Crippen LogP contribution < -0.4 is 15.0 Å². The number of nitrogens with zero attached hydrogens (tertiary/aromatic N) is 4. The Bertz CT molecular complexity index is 1280. The Hall–Kier alpha value is -4.07. The van der Waals surface area contributed by atoms with E-state index in [1.54, 1.807) is 42.7 Å². The fraction of sp³-hybridized carbons (Fsp3) is 0.125. The number of benzene rings is 2.